The molecule has 1 aliphatic rings. The highest BCUT2D eigenvalue weighted by molar-refractivity contribution is 6.04. The van der Waals surface area contributed by atoms with E-state index in [-0.39, 0.29) is 18.2 Å². The summed E-state index contributed by atoms with van der Waals surface area (Å²) < 4.78 is 17.7. The molecule has 0 aliphatic carbocycles. The molecular weight excluding hydrogens is 436 g/mol. The molecule has 34 heavy (non-hydrogen) atoms. The fraction of sp³-hybridized carbons (Fsp3) is 0.320. The minimum Gasteiger partial charge on any atom is -0.495 e. The molecule has 0 saturated carbocycles. The summed E-state index contributed by atoms with van der Waals surface area (Å²) in [6, 6.07) is 10.3. The van der Waals surface area contributed by atoms with Crippen LogP contribution in [0.5, 0.6) is 17.2 Å². The number of nitrogens with zero attached hydrogens (tertiary/aromatic N) is 2. The maximum atomic E-state index is 12.9. The molecule has 1 unspecified atom stereocenters. The van der Waals surface area contributed by atoms with Gasteiger partial charge in [0.25, 0.3) is 5.91 Å². The van der Waals surface area contributed by atoms with Crippen molar-refractivity contribution in [3.05, 3.63) is 47.7 Å². The first kappa shape index (κ1) is 23.2. The number of anilines is 2. The van der Waals surface area contributed by atoms with E-state index in [0.717, 1.165) is 22.4 Å². The molecule has 1 aromatic heterocycles. The van der Waals surface area contributed by atoms with Crippen molar-refractivity contribution < 1.29 is 23.8 Å². The summed E-state index contributed by atoms with van der Waals surface area (Å²) in [6.45, 7) is 3.92. The molecule has 2 N–H and O–H groups in total. The van der Waals surface area contributed by atoms with Gasteiger partial charge in [0, 0.05) is 5.56 Å². The van der Waals surface area contributed by atoms with Gasteiger partial charge in [-0.25, -0.2) is 4.68 Å². The highest BCUT2D eigenvalue weighted by atomic mass is 16.5. The topological polar surface area (TPSA) is 104 Å². The molecule has 2 aromatic carbocycles. The second-order valence-corrected chi connectivity index (χ2v) is 8.00. The lowest BCUT2D eigenvalue weighted by Gasteiger charge is -2.13. The van der Waals surface area contributed by atoms with Crippen molar-refractivity contribution >= 4 is 23.3 Å². The van der Waals surface area contributed by atoms with E-state index in [4.69, 9.17) is 14.2 Å². The molecule has 0 fully saturated rings. The van der Waals surface area contributed by atoms with Gasteiger partial charge in [0.15, 0.2) is 11.5 Å². The molecular formula is C25H28N4O5. The van der Waals surface area contributed by atoms with E-state index in [1.807, 2.05) is 44.2 Å². The Balaban J connectivity index is 1.64. The monoisotopic (exact) mass is 464 g/mol. The number of carbonyl (C=O) groups excluding carboxylic acids is 2. The van der Waals surface area contributed by atoms with Crippen molar-refractivity contribution in [1.82, 2.24) is 9.78 Å². The number of aryl methyl sites for hydroxylation is 2. The maximum Gasteiger partial charge on any atom is 0.251 e. The van der Waals surface area contributed by atoms with Gasteiger partial charge in [-0.15, -0.1) is 0 Å². The Labute approximate surface area is 198 Å². The Kier molecular flexibility index (Phi) is 6.45. The number of methoxy groups -OCH3 is 3. The Morgan fingerprint density at radius 1 is 1.06 bits per heavy atom. The van der Waals surface area contributed by atoms with Crippen LogP contribution in [0.2, 0.25) is 0 Å². The first-order valence-corrected chi connectivity index (χ1v) is 11.0. The maximum absolute atomic E-state index is 12.9. The van der Waals surface area contributed by atoms with E-state index in [0.29, 0.717) is 35.2 Å². The SMILES string of the molecule is CCc1nn2c(c1-c1ccc(OC)c(OC)c1)NC(=O)C2CC(=O)Nc1cc(C)ccc1OC. The van der Waals surface area contributed by atoms with E-state index in [2.05, 4.69) is 15.7 Å². The molecule has 0 spiro atoms. The van der Waals surface area contributed by atoms with Crippen LogP contribution in [0, 0.1) is 6.92 Å². The Bertz CT molecular complexity index is 1250. The summed E-state index contributed by atoms with van der Waals surface area (Å²) in [4.78, 5) is 25.7. The van der Waals surface area contributed by atoms with E-state index in [1.165, 1.54) is 0 Å². The second-order valence-electron chi connectivity index (χ2n) is 8.00. The summed E-state index contributed by atoms with van der Waals surface area (Å²) in [5.74, 6) is 1.72. The van der Waals surface area contributed by atoms with E-state index >= 15 is 0 Å². The van der Waals surface area contributed by atoms with Gasteiger partial charge in [-0.05, 0) is 48.7 Å². The first-order chi connectivity index (χ1) is 16.4. The molecule has 1 aliphatic heterocycles. The lowest BCUT2D eigenvalue weighted by Crippen LogP contribution is -2.24. The smallest absolute Gasteiger partial charge is 0.251 e. The highest BCUT2D eigenvalue weighted by Gasteiger charge is 2.37. The molecule has 2 heterocycles. The van der Waals surface area contributed by atoms with Crippen molar-refractivity contribution in [2.24, 2.45) is 0 Å². The minimum absolute atomic E-state index is 0.0634. The van der Waals surface area contributed by atoms with Gasteiger partial charge < -0.3 is 24.8 Å². The number of nitrogens with one attached hydrogen (secondary N) is 2. The van der Waals surface area contributed by atoms with Gasteiger partial charge in [0.1, 0.15) is 17.6 Å². The van der Waals surface area contributed by atoms with Crippen LogP contribution in [-0.2, 0) is 16.0 Å². The molecule has 1 atom stereocenters. The average molecular weight is 465 g/mol. The quantitative estimate of drug-likeness (QED) is 0.523. The van der Waals surface area contributed by atoms with Crippen molar-refractivity contribution in [2.45, 2.75) is 32.7 Å². The number of amides is 2. The number of hydrogen-bond acceptors (Lipinski definition) is 6. The van der Waals surface area contributed by atoms with Gasteiger partial charge in [-0.1, -0.05) is 19.1 Å². The normalized spacial score (nSPS) is 14.4. The number of fused-ring (bicyclic) bond motifs is 1. The number of hydrogen-bond donors (Lipinski definition) is 2. The molecule has 178 valence electrons. The summed E-state index contributed by atoms with van der Waals surface area (Å²) in [7, 11) is 4.70. The Morgan fingerprint density at radius 3 is 2.44 bits per heavy atom. The largest absolute Gasteiger partial charge is 0.495 e. The molecule has 9 nitrogen and oxygen atoms in total. The standard InChI is InChI=1S/C25H28N4O5/c1-6-16-23(15-8-10-20(33-4)21(12-15)34-5)24-27-25(31)18(29(24)28-16)13-22(30)26-17-11-14(2)7-9-19(17)32-3/h7-12,18H,6,13H2,1-5H3,(H,26,30)(H,27,31). The minimum atomic E-state index is -0.759. The third-order valence-electron chi connectivity index (χ3n) is 5.84. The van der Waals surface area contributed by atoms with E-state index in [9.17, 15) is 9.59 Å². The fourth-order valence-corrected chi connectivity index (χ4v) is 4.16. The van der Waals surface area contributed by atoms with Gasteiger partial charge in [0.05, 0.1) is 39.1 Å². The predicted molar refractivity (Wildman–Crippen MR) is 129 cm³/mol. The molecule has 0 radical (unpaired) electrons. The van der Waals surface area contributed by atoms with Crippen LogP contribution in [-0.4, -0.2) is 42.9 Å². The van der Waals surface area contributed by atoms with Crippen LogP contribution in [0.4, 0.5) is 11.5 Å². The predicted octanol–water partition coefficient (Wildman–Crippen LogP) is 3.97. The zero-order valence-corrected chi connectivity index (χ0v) is 19.9. The summed E-state index contributed by atoms with van der Waals surface area (Å²) in [5, 5.41) is 10.5. The average Bonchev–Trinajstić information content (AvgIpc) is 3.33. The number of rotatable bonds is 8. The van der Waals surface area contributed by atoms with Crippen LogP contribution < -0.4 is 24.8 Å². The van der Waals surface area contributed by atoms with Crippen LogP contribution in [0.3, 0.4) is 0 Å². The van der Waals surface area contributed by atoms with E-state index in [1.54, 1.807) is 32.1 Å². The van der Waals surface area contributed by atoms with Crippen molar-refractivity contribution in [3.63, 3.8) is 0 Å². The van der Waals surface area contributed by atoms with Crippen molar-refractivity contribution in [1.29, 1.82) is 0 Å². The zero-order chi connectivity index (χ0) is 24.4. The summed E-state index contributed by atoms with van der Waals surface area (Å²) in [5.41, 5.74) is 4.00. The van der Waals surface area contributed by atoms with E-state index < -0.39 is 6.04 Å². The lowest BCUT2D eigenvalue weighted by molar-refractivity contribution is -0.123. The lowest BCUT2D eigenvalue weighted by atomic mass is 10.0. The summed E-state index contributed by atoms with van der Waals surface area (Å²) >= 11 is 0. The fourth-order valence-electron chi connectivity index (χ4n) is 4.16. The van der Waals surface area contributed by atoms with Gasteiger partial charge in [-0.2, -0.15) is 5.10 Å². The third-order valence-corrected chi connectivity index (χ3v) is 5.84. The Hall–Kier alpha value is -4.01. The first-order valence-electron chi connectivity index (χ1n) is 11.0. The number of ether oxygens (including phenoxy) is 3. The molecule has 4 rings (SSSR count). The number of benzene rings is 2. The zero-order valence-electron chi connectivity index (χ0n) is 19.9. The molecule has 3 aromatic rings. The van der Waals surface area contributed by atoms with Crippen LogP contribution in [0.25, 0.3) is 11.1 Å². The van der Waals surface area contributed by atoms with Crippen LogP contribution in [0.1, 0.15) is 30.6 Å². The molecule has 2 amide bonds. The van der Waals surface area contributed by atoms with Crippen molar-refractivity contribution in [3.8, 4) is 28.4 Å². The van der Waals surface area contributed by atoms with Crippen molar-refractivity contribution in [2.75, 3.05) is 32.0 Å². The molecule has 0 saturated heterocycles. The number of carbonyl (C=O) groups is 2. The molecule has 9 heteroatoms. The van der Waals surface area contributed by atoms with Gasteiger partial charge >= 0.3 is 0 Å². The van der Waals surface area contributed by atoms with Crippen LogP contribution in [0.15, 0.2) is 36.4 Å². The number of aromatic nitrogens is 2. The van der Waals surface area contributed by atoms with Gasteiger partial charge in [0.2, 0.25) is 5.91 Å². The second kappa shape index (κ2) is 9.46. The Morgan fingerprint density at radius 2 is 1.76 bits per heavy atom. The third kappa shape index (κ3) is 4.16. The van der Waals surface area contributed by atoms with Gasteiger partial charge in [-0.3, -0.25) is 9.59 Å². The highest BCUT2D eigenvalue weighted by Crippen LogP contribution is 2.41. The summed E-state index contributed by atoms with van der Waals surface area (Å²) in [6.07, 6.45) is 0.588. The van der Waals surface area contributed by atoms with Crippen LogP contribution >= 0.6 is 0 Å². The molecule has 0 bridgehead atoms.